The van der Waals surface area contributed by atoms with Crippen LogP contribution in [0.4, 0.5) is 10.1 Å². The first-order valence-corrected chi connectivity index (χ1v) is 8.04. The van der Waals surface area contributed by atoms with Crippen LogP contribution >= 0.6 is 11.8 Å². The van der Waals surface area contributed by atoms with Crippen LogP contribution in [-0.4, -0.2) is 33.0 Å². The van der Waals surface area contributed by atoms with Crippen molar-refractivity contribution in [3.05, 3.63) is 42.2 Å². The highest BCUT2D eigenvalue weighted by Gasteiger charge is 2.14. The summed E-state index contributed by atoms with van der Waals surface area (Å²) in [6, 6.07) is 9.29. The number of methoxy groups -OCH3 is 3. The van der Waals surface area contributed by atoms with Gasteiger partial charge < -0.3 is 19.5 Å². The lowest BCUT2D eigenvalue weighted by Crippen LogP contribution is -2.14. The molecule has 0 bridgehead atoms. The van der Waals surface area contributed by atoms with E-state index in [9.17, 15) is 9.18 Å². The summed E-state index contributed by atoms with van der Waals surface area (Å²) in [5, 5.41) is 2.77. The van der Waals surface area contributed by atoms with Gasteiger partial charge in [0, 0.05) is 22.7 Å². The minimum atomic E-state index is -0.304. The molecule has 24 heavy (non-hydrogen) atoms. The molecule has 5 nitrogen and oxygen atoms in total. The molecule has 1 N–H and O–H groups in total. The Morgan fingerprint density at radius 1 is 1.04 bits per heavy atom. The Hall–Kier alpha value is -2.41. The Kier molecular flexibility index (Phi) is 6.31. The molecule has 128 valence electrons. The van der Waals surface area contributed by atoms with Crippen LogP contribution in [0.5, 0.6) is 17.2 Å². The van der Waals surface area contributed by atoms with Crippen LogP contribution in [0.2, 0.25) is 0 Å². The summed E-state index contributed by atoms with van der Waals surface area (Å²) in [5.74, 6) is 1.07. The predicted octanol–water partition coefficient (Wildman–Crippen LogP) is 3.58. The first-order valence-electron chi connectivity index (χ1n) is 7.05. The van der Waals surface area contributed by atoms with E-state index < -0.39 is 0 Å². The van der Waals surface area contributed by atoms with Crippen molar-refractivity contribution in [1.29, 1.82) is 0 Å². The fourth-order valence-electron chi connectivity index (χ4n) is 2.03. The van der Waals surface area contributed by atoms with Gasteiger partial charge in [-0.25, -0.2) is 4.39 Å². The van der Waals surface area contributed by atoms with Crippen LogP contribution in [-0.2, 0) is 4.79 Å². The molecule has 0 saturated heterocycles. The van der Waals surface area contributed by atoms with E-state index in [4.69, 9.17) is 14.2 Å². The quantitative estimate of drug-likeness (QED) is 0.773. The van der Waals surface area contributed by atoms with Crippen molar-refractivity contribution in [3.8, 4) is 17.2 Å². The summed E-state index contributed by atoms with van der Waals surface area (Å²) >= 11 is 1.32. The molecular weight excluding hydrogens is 333 g/mol. The van der Waals surface area contributed by atoms with Gasteiger partial charge in [-0.15, -0.1) is 11.8 Å². The minimum Gasteiger partial charge on any atom is -0.493 e. The van der Waals surface area contributed by atoms with Crippen molar-refractivity contribution >= 4 is 23.4 Å². The fourth-order valence-corrected chi connectivity index (χ4v) is 2.73. The number of benzene rings is 2. The average Bonchev–Trinajstić information content (AvgIpc) is 2.60. The molecule has 0 aliphatic rings. The molecule has 0 spiro atoms. The normalized spacial score (nSPS) is 10.2. The van der Waals surface area contributed by atoms with Crippen molar-refractivity contribution in [2.45, 2.75) is 4.90 Å². The fraction of sp³-hybridized carbons (Fsp3) is 0.235. The number of thioether (sulfide) groups is 1. The van der Waals surface area contributed by atoms with Crippen LogP contribution in [0.3, 0.4) is 0 Å². The van der Waals surface area contributed by atoms with Gasteiger partial charge in [0.05, 0.1) is 27.1 Å². The SMILES string of the molecule is COc1cc(NC(=O)CSc2ccc(F)cc2)cc(OC)c1OC. The Labute approximate surface area is 144 Å². The summed E-state index contributed by atoms with van der Waals surface area (Å²) in [7, 11) is 4.53. The average molecular weight is 351 g/mol. The van der Waals surface area contributed by atoms with Crippen molar-refractivity contribution in [2.75, 3.05) is 32.4 Å². The Bertz CT molecular complexity index is 681. The number of halogens is 1. The number of carbonyl (C=O) groups excluding carboxylic acids is 1. The smallest absolute Gasteiger partial charge is 0.234 e. The lowest BCUT2D eigenvalue weighted by Gasteiger charge is -2.14. The molecule has 0 saturated carbocycles. The molecule has 0 atom stereocenters. The van der Waals surface area contributed by atoms with Crippen LogP contribution in [0, 0.1) is 5.82 Å². The van der Waals surface area contributed by atoms with E-state index in [1.807, 2.05) is 0 Å². The molecular formula is C17H18FNO4S. The van der Waals surface area contributed by atoms with Gasteiger partial charge in [0.2, 0.25) is 11.7 Å². The van der Waals surface area contributed by atoms with Gasteiger partial charge in [0.15, 0.2) is 11.5 Å². The van der Waals surface area contributed by atoms with Gasteiger partial charge in [0.1, 0.15) is 5.82 Å². The maximum atomic E-state index is 12.9. The van der Waals surface area contributed by atoms with Crippen molar-refractivity contribution in [3.63, 3.8) is 0 Å². The first-order chi connectivity index (χ1) is 11.6. The molecule has 2 aromatic rings. The van der Waals surface area contributed by atoms with Crippen LogP contribution in [0.1, 0.15) is 0 Å². The van der Waals surface area contributed by atoms with Crippen LogP contribution in [0.15, 0.2) is 41.3 Å². The van der Waals surface area contributed by atoms with Crippen LogP contribution in [0.25, 0.3) is 0 Å². The van der Waals surface area contributed by atoms with Gasteiger partial charge >= 0.3 is 0 Å². The third kappa shape index (κ3) is 4.55. The van der Waals surface area contributed by atoms with Gasteiger partial charge in [-0.2, -0.15) is 0 Å². The van der Waals surface area contributed by atoms with Gasteiger partial charge in [0.25, 0.3) is 0 Å². The molecule has 0 fully saturated rings. The second-order valence-electron chi connectivity index (χ2n) is 4.70. The number of carbonyl (C=O) groups is 1. The van der Waals surface area contributed by atoms with Gasteiger partial charge in [-0.3, -0.25) is 4.79 Å². The molecule has 2 aromatic carbocycles. The standard InChI is InChI=1S/C17H18FNO4S/c1-21-14-8-12(9-15(22-2)17(14)23-3)19-16(20)10-24-13-6-4-11(18)5-7-13/h4-9H,10H2,1-3H3,(H,19,20). The Balaban J connectivity index is 2.04. The third-order valence-corrected chi connectivity index (χ3v) is 4.14. The molecule has 0 unspecified atom stereocenters. The Morgan fingerprint density at radius 3 is 2.12 bits per heavy atom. The number of amides is 1. The summed E-state index contributed by atoms with van der Waals surface area (Å²) in [6.07, 6.45) is 0. The molecule has 0 aromatic heterocycles. The monoisotopic (exact) mass is 351 g/mol. The summed E-state index contributed by atoms with van der Waals surface area (Å²) in [6.45, 7) is 0. The summed E-state index contributed by atoms with van der Waals surface area (Å²) in [4.78, 5) is 12.9. The summed E-state index contributed by atoms with van der Waals surface area (Å²) in [5.41, 5.74) is 0.536. The van der Waals surface area contributed by atoms with E-state index in [1.54, 1.807) is 24.3 Å². The zero-order chi connectivity index (χ0) is 17.5. The number of ether oxygens (including phenoxy) is 3. The lowest BCUT2D eigenvalue weighted by atomic mass is 10.2. The van der Waals surface area contributed by atoms with E-state index in [-0.39, 0.29) is 17.5 Å². The number of hydrogen-bond donors (Lipinski definition) is 1. The second-order valence-corrected chi connectivity index (χ2v) is 5.75. The van der Waals surface area contributed by atoms with Gasteiger partial charge in [-0.05, 0) is 24.3 Å². The van der Waals surface area contributed by atoms with E-state index in [2.05, 4.69) is 5.32 Å². The van der Waals surface area contributed by atoms with E-state index in [0.717, 1.165) is 4.90 Å². The zero-order valence-electron chi connectivity index (χ0n) is 13.6. The number of anilines is 1. The number of hydrogen-bond acceptors (Lipinski definition) is 5. The third-order valence-electron chi connectivity index (χ3n) is 3.13. The summed E-state index contributed by atoms with van der Waals surface area (Å²) < 4.78 is 28.6. The molecule has 0 heterocycles. The highest BCUT2D eigenvalue weighted by atomic mass is 32.2. The largest absolute Gasteiger partial charge is 0.493 e. The van der Waals surface area contributed by atoms with Crippen LogP contribution < -0.4 is 19.5 Å². The topological polar surface area (TPSA) is 56.8 Å². The highest BCUT2D eigenvalue weighted by molar-refractivity contribution is 8.00. The molecule has 0 aliphatic carbocycles. The van der Waals surface area contributed by atoms with E-state index >= 15 is 0 Å². The van der Waals surface area contributed by atoms with Crippen molar-refractivity contribution < 1.29 is 23.4 Å². The van der Waals surface area contributed by atoms with Crippen molar-refractivity contribution in [1.82, 2.24) is 0 Å². The Morgan fingerprint density at radius 2 is 1.62 bits per heavy atom. The van der Waals surface area contributed by atoms with Gasteiger partial charge in [-0.1, -0.05) is 0 Å². The predicted molar refractivity (Wildman–Crippen MR) is 91.9 cm³/mol. The lowest BCUT2D eigenvalue weighted by molar-refractivity contribution is -0.113. The minimum absolute atomic E-state index is 0.196. The molecule has 0 aliphatic heterocycles. The number of nitrogens with one attached hydrogen (secondary N) is 1. The first kappa shape index (κ1) is 17.9. The second kappa shape index (κ2) is 8.44. The highest BCUT2D eigenvalue weighted by Crippen LogP contribution is 2.39. The molecule has 1 amide bonds. The molecule has 2 rings (SSSR count). The molecule has 7 heteroatoms. The maximum absolute atomic E-state index is 12.9. The maximum Gasteiger partial charge on any atom is 0.234 e. The van der Waals surface area contributed by atoms with Crippen molar-refractivity contribution in [2.24, 2.45) is 0 Å². The van der Waals surface area contributed by atoms with E-state index in [0.29, 0.717) is 22.9 Å². The molecule has 0 radical (unpaired) electrons. The number of rotatable bonds is 7. The van der Waals surface area contributed by atoms with E-state index in [1.165, 1.54) is 45.2 Å². The zero-order valence-corrected chi connectivity index (χ0v) is 14.4.